The number of aliphatic hydroxyl groups is 1. The number of hydrogen-bond acceptors (Lipinski definition) is 3. The molecule has 0 unspecified atom stereocenters. The van der Waals surface area contributed by atoms with E-state index in [1.54, 1.807) is 7.11 Å². The first-order chi connectivity index (χ1) is 8.77. The van der Waals surface area contributed by atoms with Gasteiger partial charge in [0.15, 0.2) is 0 Å². The Labute approximate surface area is 109 Å². The van der Waals surface area contributed by atoms with Crippen LogP contribution in [-0.2, 0) is 4.74 Å². The van der Waals surface area contributed by atoms with Gasteiger partial charge in [-0.05, 0) is 43.5 Å². The van der Waals surface area contributed by atoms with Crippen molar-refractivity contribution in [3.8, 4) is 17.6 Å². The summed E-state index contributed by atoms with van der Waals surface area (Å²) in [5.74, 6) is 6.40. The Bertz CT molecular complexity index is 415. The smallest absolute Gasteiger partial charge is 0.119 e. The monoisotopic (exact) mass is 248 g/mol. The van der Waals surface area contributed by atoms with Crippen molar-refractivity contribution in [3.05, 3.63) is 29.3 Å². The molecule has 1 N–H and O–H groups in total. The SMILES string of the molecule is COCCCCOc1ccc(C#CCO)c(C)c1. The van der Waals surface area contributed by atoms with Gasteiger partial charge in [-0.1, -0.05) is 11.8 Å². The highest BCUT2D eigenvalue weighted by Crippen LogP contribution is 2.16. The zero-order chi connectivity index (χ0) is 13.2. The highest BCUT2D eigenvalue weighted by atomic mass is 16.5. The third-order valence-corrected chi connectivity index (χ3v) is 2.51. The first kappa shape index (κ1) is 14.6. The summed E-state index contributed by atoms with van der Waals surface area (Å²) >= 11 is 0. The summed E-state index contributed by atoms with van der Waals surface area (Å²) in [4.78, 5) is 0. The first-order valence-corrected chi connectivity index (χ1v) is 6.10. The Morgan fingerprint density at radius 2 is 2.00 bits per heavy atom. The fraction of sp³-hybridized carbons (Fsp3) is 0.467. The maximum Gasteiger partial charge on any atom is 0.119 e. The topological polar surface area (TPSA) is 38.7 Å². The van der Waals surface area contributed by atoms with Gasteiger partial charge in [-0.15, -0.1) is 0 Å². The molecule has 0 radical (unpaired) electrons. The van der Waals surface area contributed by atoms with Crippen LogP contribution in [0, 0.1) is 18.8 Å². The zero-order valence-electron chi connectivity index (χ0n) is 11.0. The summed E-state index contributed by atoms with van der Waals surface area (Å²) in [5, 5.41) is 8.65. The second-order valence-corrected chi connectivity index (χ2v) is 3.98. The molecule has 98 valence electrons. The fourth-order valence-electron chi connectivity index (χ4n) is 1.54. The molecule has 0 atom stereocenters. The molecule has 1 aromatic carbocycles. The maximum atomic E-state index is 8.65. The highest BCUT2D eigenvalue weighted by molar-refractivity contribution is 5.44. The van der Waals surface area contributed by atoms with Crippen LogP contribution in [0.3, 0.4) is 0 Å². The van der Waals surface area contributed by atoms with Crippen molar-refractivity contribution in [2.75, 3.05) is 26.9 Å². The van der Waals surface area contributed by atoms with Crippen LogP contribution in [0.25, 0.3) is 0 Å². The van der Waals surface area contributed by atoms with Crippen LogP contribution >= 0.6 is 0 Å². The van der Waals surface area contributed by atoms with Gasteiger partial charge in [0, 0.05) is 19.3 Å². The molecule has 0 spiro atoms. The molecule has 0 aromatic heterocycles. The number of unbranched alkanes of at least 4 members (excludes halogenated alkanes) is 1. The van der Waals surface area contributed by atoms with Crippen LogP contribution < -0.4 is 4.74 Å². The summed E-state index contributed by atoms with van der Waals surface area (Å²) in [7, 11) is 1.70. The van der Waals surface area contributed by atoms with Crippen molar-refractivity contribution >= 4 is 0 Å². The average Bonchev–Trinajstić information content (AvgIpc) is 2.37. The van der Waals surface area contributed by atoms with Gasteiger partial charge in [-0.2, -0.15) is 0 Å². The van der Waals surface area contributed by atoms with Crippen LogP contribution in [0.1, 0.15) is 24.0 Å². The number of ether oxygens (including phenoxy) is 2. The molecule has 0 saturated heterocycles. The van der Waals surface area contributed by atoms with E-state index in [2.05, 4.69) is 11.8 Å². The van der Waals surface area contributed by atoms with Crippen molar-refractivity contribution in [1.82, 2.24) is 0 Å². The molecule has 0 aliphatic rings. The van der Waals surface area contributed by atoms with E-state index >= 15 is 0 Å². The third kappa shape index (κ3) is 5.22. The zero-order valence-corrected chi connectivity index (χ0v) is 11.0. The average molecular weight is 248 g/mol. The molecule has 18 heavy (non-hydrogen) atoms. The van der Waals surface area contributed by atoms with E-state index in [0.717, 1.165) is 36.3 Å². The van der Waals surface area contributed by atoms with Crippen molar-refractivity contribution in [2.24, 2.45) is 0 Å². The lowest BCUT2D eigenvalue weighted by molar-refractivity contribution is 0.184. The molecule has 0 heterocycles. The van der Waals surface area contributed by atoms with Crippen LogP contribution in [0.4, 0.5) is 0 Å². The molecule has 0 aliphatic carbocycles. The van der Waals surface area contributed by atoms with Crippen LogP contribution in [0.5, 0.6) is 5.75 Å². The number of aryl methyl sites for hydroxylation is 1. The van der Waals surface area contributed by atoms with E-state index in [-0.39, 0.29) is 6.61 Å². The molecule has 0 bridgehead atoms. The summed E-state index contributed by atoms with van der Waals surface area (Å²) < 4.78 is 10.6. The normalized spacial score (nSPS) is 9.72. The lowest BCUT2D eigenvalue weighted by Gasteiger charge is -2.07. The quantitative estimate of drug-likeness (QED) is 0.619. The molecule has 0 saturated carbocycles. The number of hydrogen-bond donors (Lipinski definition) is 1. The van der Waals surface area contributed by atoms with Crippen molar-refractivity contribution < 1.29 is 14.6 Å². The van der Waals surface area contributed by atoms with Gasteiger partial charge in [0.05, 0.1) is 6.61 Å². The molecule has 0 aliphatic heterocycles. The van der Waals surface area contributed by atoms with Gasteiger partial charge in [-0.25, -0.2) is 0 Å². The predicted octanol–water partition coefficient (Wildman–Crippen LogP) is 2.14. The number of benzene rings is 1. The molecule has 0 amide bonds. The Hall–Kier alpha value is -1.50. The summed E-state index contributed by atoms with van der Waals surface area (Å²) in [6.07, 6.45) is 1.99. The van der Waals surface area contributed by atoms with E-state index in [4.69, 9.17) is 14.6 Å². The van der Waals surface area contributed by atoms with Gasteiger partial charge < -0.3 is 14.6 Å². The van der Waals surface area contributed by atoms with Gasteiger partial charge in [-0.3, -0.25) is 0 Å². The minimum atomic E-state index is -0.114. The fourth-order valence-corrected chi connectivity index (χ4v) is 1.54. The summed E-state index contributed by atoms with van der Waals surface area (Å²) in [5.41, 5.74) is 1.99. The highest BCUT2D eigenvalue weighted by Gasteiger charge is 1.98. The Balaban J connectivity index is 2.46. The molecule has 3 nitrogen and oxygen atoms in total. The van der Waals surface area contributed by atoms with Crippen molar-refractivity contribution in [3.63, 3.8) is 0 Å². The molecule has 1 rings (SSSR count). The lowest BCUT2D eigenvalue weighted by Crippen LogP contribution is -2.00. The molecule has 3 heteroatoms. The number of rotatable bonds is 6. The Kier molecular flexibility index (Phi) is 6.93. The maximum absolute atomic E-state index is 8.65. The first-order valence-electron chi connectivity index (χ1n) is 6.10. The molecular formula is C15H20O3. The number of aliphatic hydroxyl groups excluding tert-OH is 1. The molecule has 0 fully saturated rings. The summed E-state index contributed by atoms with van der Waals surface area (Å²) in [6, 6.07) is 5.80. The van der Waals surface area contributed by atoms with Gasteiger partial charge in [0.25, 0.3) is 0 Å². The van der Waals surface area contributed by atoms with Gasteiger partial charge >= 0.3 is 0 Å². The van der Waals surface area contributed by atoms with E-state index in [9.17, 15) is 0 Å². The van der Waals surface area contributed by atoms with Gasteiger partial charge in [0.1, 0.15) is 12.4 Å². The van der Waals surface area contributed by atoms with Crippen LogP contribution in [0.15, 0.2) is 18.2 Å². The Morgan fingerprint density at radius 3 is 2.67 bits per heavy atom. The largest absolute Gasteiger partial charge is 0.494 e. The van der Waals surface area contributed by atoms with Crippen molar-refractivity contribution in [2.45, 2.75) is 19.8 Å². The third-order valence-electron chi connectivity index (χ3n) is 2.51. The summed E-state index contributed by atoms with van der Waals surface area (Å²) in [6.45, 7) is 3.35. The van der Waals surface area contributed by atoms with E-state index in [1.165, 1.54) is 0 Å². The van der Waals surface area contributed by atoms with Crippen molar-refractivity contribution in [1.29, 1.82) is 0 Å². The van der Waals surface area contributed by atoms with Gasteiger partial charge in [0.2, 0.25) is 0 Å². The van der Waals surface area contributed by atoms with E-state index < -0.39 is 0 Å². The van der Waals surface area contributed by atoms with Crippen LogP contribution in [0.2, 0.25) is 0 Å². The Morgan fingerprint density at radius 1 is 1.22 bits per heavy atom. The minimum absolute atomic E-state index is 0.114. The number of methoxy groups -OCH3 is 1. The van der Waals surface area contributed by atoms with E-state index in [1.807, 2.05) is 25.1 Å². The van der Waals surface area contributed by atoms with Crippen LogP contribution in [-0.4, -0.2) is 32.0 Å². The standard InChI is InChI=1S/C15H20O3/c1-13-12-15(18-11-4-3-10-17-2)8-7-14(13)6-5-9-16/h7-8,12,16H,3-4,9-11H2,1-2H3. The minimum Gasteiger partial charge on any atom is -0.494 e. The second-order valence-electron chi connectivity index (χ2n) is 3.98. The van der Waals surface area contributed by atoms with E-state index in [0.29, 0.717) is 6.61 Å². The molecular weight excluding hydrogens is 228 g/mol. The second kappa shape index (κ2) is 8.57. The molecule has 1 aromatic rings. The lowest BCUT2D eigenvalue weighted by atomic mass is 10.1. The predicted molar refractivity (Wildman–Crippen MR) is 71.7 cm³/mol.